The van der Waals surface area contributed by atoms with Crippen molar-refractivity contribution in [1.29, 1.82) is 0 Å². The standard InChI is InChI=1S/C37H61NO6/c1-8-9-14-29(5)37-30(6)34(41)21-19-27(3)24-28(4)23-26(2)18-20-33(40)25-35(42)32(15-10-11-17-36(43)44-37)16-12-13-22-38-31(7)39/h8-11,14-15,17-18,20,26-30,32-35,37,40-42H,1,12-13,16,19,21-25H2,2-7H3,(H,38,39)/b14-9-,15-10+,17-11-,20-18-/t26-,27-,28+,29-,30-,32?,33+,34+,35-,37-/m0/s1. The Balaban J connectivity index is 3.21. The average Bonchev–Trinajstić information content (AvgIpc) is 2.95. The number of aliphatic hydroxyl groups is 3. The molecule has 0 saturated heterocycles. The van der Waals surface area contributed by atoms with Gasteiger partial charge in [0.15, 0.2) is 0 Å². The molecule has 0 aliphatic carbocycles. The van der Waals surface area contributed by atoms with Crippen LogP contribution in [0.2, 0.25) is 0 Å². The molecule has 0 saturated carbocycles. The van der Waals surface area contributed by atoms with Crippen LogP contribution in [0, 0.1) is 35.5 Å². The number of esters is 1. The molecular formula is C37H61NO6. The minimum absolute atomic E-state index is 0.0685. The molecule has 0 aromatic rings. The van der Waals surface area contributed by atoms with Crippen LogP contribution in [0.5, 0.6) is 0 Å². The van der Waals surface area contributed by atoms with Crippen molar-refractivity contribution >= 4 is 11.9 Å². The summed E-state index contributed by atoms with van der Waals surface area (Å²) >= 11 is 0. The molecule has 0 bridgehead atoms. The van der Waals surface area contributed by atoms with Crippen LogP contribution in [-0.4, -0.2) is 58.2 Å². The van der Waals surface area contributed by atoms with E-state index in [9.17, 15) is 24.9 Å². The molecule has 0 spiro atoms. The summed E-state index contributed by atoms with van der Waals surface area (Å²) in [6.45, 7) is 16.3. The third-order valence-electron chi connectivity index (χ3n) is 8.66. The van der Waals surface area contributed by atoms with Gasteiger partial charge < -0.3 is 25.4 Å². The van der Waals surface area contributed by atoms with Crippen LogP contribution in [0.4, 0.5) is 0 Å². The summed E-state index contributed by atoms with van der Waals surface area (Å²) in [7, 11) is 0. The highest BCUT2D eigenvalue weighted by Crippen LogP contribution is 2.28. The first kappa shape index (κ1) is 39.5. The lowest BCUT2D eigenvalue weighted by Gasteiger charge is -2.31. The number of allylic oxidation sites excluding steroid dienone is 5. The molecule has 7 heteroatoms. The van der Waals surface area contributed by atoms with E-state index in [1.54, 1.807) is 24.3 Å². The number of hydrogen-bond donors (Lipinski definition) is 4. The van der Waals surface area contributed by atoms with Crippen LogP contribution in [0.1, 0.15) is 92.9 Å². The lowest BCUT2D eigenvalue weighted by Crippen LogP contribution is -2.37. The van der Waals surface area contributed by atoms with Crippen molar-refractivity contribution in [3.8, 4) is 0 Å². The lowest BCUT2D eigenvalue weighted by molar-refractivity contribution is -0.150. The highest BCUT2D eigenvalue weighted by molar-refractivity contribution is 5.82. The summed E-state index contributed by atoms with van der Waals surface area (Å²) < 4.78 is 5.90. The predicted molar refractivity (Wildman–Crippen MR) is 180 cm³/mol. The lowest BCUT2D eigenvalue weighted by atomic mass is 9.83. The van der Waals surface area contributed by atoms with Crippen LogP contribution in [0.25, 0.3) is 0 Å². The van der Waals surface area contributed by atoms with Gasteiger partial charge in [-0.25, -0.2) is 4.79 Å². The first-order valence-electron chi connectivity index (χ1n) is 16.7. The fourth-order valence-corrected chi connectivity index (χ4v) is 6.13. The number of unbranched alkanes of at least 4 members (excludes halogenated alkanes) is 1. The zero-order chi connectivity index (χ0) is 33.1. The molecule has 0 fully saturated rings. The molecule has 1 amide bonds. The molecule has 0 aromatic heterocycles. The summed E-state index contributed by atoms with van der Waals surface area (Å²) in [5, 5.41) is 35.7. The number of nitrogens with one attached hydrogen (secondary N) is 1. The van der Waals surface area contributed by atoms with E-state index in [2.05, 4.69) is 32.7 Å². The molecule has 1 aliphatic rings. The minimum atomic E-state index is -0.774. The van der Waals surface area contributed by atoms with Crippen LogP contribution in [0.3, 0.4) is 0 Å². The SMILES string of the molecule is C=C/C=C\[C@H](C)[C@@H]1OC(=O)/C=C\C=C\C(CCCCNC(C)=O)[C@@H](O)C[C@H](O)/C=C\[C@H](C)C[C@@H](C)C[C@@H](C)CC[C@@H](O)[C@@H]1C. The predicted octanol–water partition coefficient (Wildman–Crippen LogP) is 6.46. The van der Waals surface area contributed by atoms with Crippen molar-refractivity contribution in [3.05, 3.63) is 61.3 Å². The fraction of sp³-hybridized carbons (Fsp3) is 0.676. The summed E-state index contributed by atoms with van der Waals surface area (Å²) in [4.78, 5) is 24.1. The molecule has 0 radical (unpaired) electrons. The topological polar surface area (TPSA) is 116 Å². The van der Waals surface area contributed by atoms with Gasteiger partial charge in [0.25, 0.3) is 0 Å². The van der Waals surface area contributed by atoms with Gasteiger partial charge in [0.05, 0.1) is 18.3 Å². The van der Waals surface area contributed by atoms with Crippen molar-refractivity contribution in [1.82, 2.24) is 5.32 Å². The Morgan fingerprint density at radius 1 is 1.00 bits per heavy atom. The van der Waals surface area contributed by atoms with Gasteiger partial charge >= 0.3 is 5.97 Å². The van der Waals surface area contributed by atoms with Crippen LogP contribution in [0.15, 0.2) is 61.3 Å². The molecule has 4 N–H and O–H groups in total. The number of aliphatic hydroxyl groups excluding tert-OH is 3. The Morgan fingerprint density at radius 2 is 1.73 bits per heavy atom. The molecule has 250 valence electrons. The molecular weight excluding hydrogens is 554 g/mol. The Hall–Kier alpha value is -2.48. The number of carbonyl (C=O) groups excluding carboxylic acids is 2. The van der Waals surface area contributed by atoms with E-state index in [1.807, 2.05) is 38.2 Å². The number of carbonyl (C=O) groups is 2. The average molecular weight is 616 g/mol. The summed E-state index contributed by atoms with van der Waals surface area (Å²) in [5.74, 6) is 0.0318. The third-order valence-corrected chi connectivity index (χ3v) is 8.66. The first-order chi connectivity index (χ1) is 20.8. The second-order valence-corrected chi connectivity index (χ2v) is 13.2. The van der Waals surface area contributed by atoms with E-state index in [1.165, 1.54) is 13.0 Å². The van der Waals surface area contributed by atoms with Crippen molar-refractivity contribution in [2.45, 2.75) is 117 Å². The number of amides is 1. The zero-order valence-electron chi connectivity index (χ0n) is 28.1. The Kier molecular flexibility index (Phi) is 19.9. The summed E-state index contributed by atoms with van der Waals surface area (Å²) in [5.41, 5.74) is 0. The monoisotopic (exact) mass is 615 g/mol. The molecule has 1 rings (SSSR count). The number of rotatable bonds is 8. The van der Waals surface area contributed by atoms with E-state index >= 15 is 0 Å². The molecule has 7 nitrogen and oxygen atoms in total. The van der Waals surface area contributed by atoms with Crippen LogP contribution in [-0.2, 0) is 14.3 Å². The number of cyclic esters (lactones) is 1. The molecule has 1 aliphatic heterocycles. The van der Waals surface area contributed by atoms with Gasteiger partial charge in [-0.3, -0.25) is 4.79 Å². The van der Waals surface area contributed by atoms with Crippen molar-refractivity contribution in [2.24, 2.45) is 35.5 Å². The van der Waals surface area contributed by atoms with Gasteiger partial charge in [0.2, 0.25) is 5.91 Å². The maximum atomic E-state index is 12.9. The van der Waals surface area contributed by atoms with E-state index in [4.69, 9.17) is 4.74 Å². The second-order valence-electron chi connectivity index (χ2n) is 13.2. The third kappa shape index (κ3) is 17.1. The summed E-state index contributed by atoms with van der Waals surface area (Å²) in [6, 6.07) is 0. The quantitative estimate of drug-likeness (QED) is 0.108. The van der Waals surface area contributed by atoms with Crippen molar-refractivity contribution < 1.29 is 29.6 Å². The molecule has 1 unspecified atom stereocenters. The number of hydrogen-bond acceptors (Lipinski definition) is 6. The van der Waals surface area contributed by atoms with E-state index in [0.717, 1.165) is 32.1 Å². The van der Waals surface area contributed by atoms with E-state index in [-0.39, 0.29) is 30.1 Å². The molecule has 44 heavy (non-hydrogen) atoms. The smallest absolute Gasteiger partial charge is 0.331 e. The fourth-order valence-electron chi connectivity index (χ4n) is 6.13. The maximum absolute atomic E-state index is 12.9. The van der Waals surface area contributed by atoms with Crippen LogP contribution >= 0.6 is 0 Å². The van der Waals surface area contributed by atoms with Gasteiger partial charge in [0, 0.05) is 43.7 Å². The highest BCUT2D eigenvalue weighted by Gasteiger charge is 2.31. The number of ether oxygens (including phenoxy) is 1. The van der Waals surface area contributed by atoms with E-state index in [0.29, 0.717) is 37.1 Å². The normalized spacial score (nSPS) is 34.9. The van der Waals surface area contributed by atoms with Gasteiger partial charge in [-0.2, -0.15) is 0 Å². The first-order valence-corrected chi connectivity index (χ1v) is 16.7. The maximum Gasteiger partial charge on any atom is 0.331 e. The van der Waals surface area contributed by atoms with Crippen molar-refractivity contribution in [2.75, 3.05) is 6.54 Å². The highest BCUT2D eigenvalue weighted by atomic mass is 16.5. The Bertz CT molecular complexity index is 956. The second kappa shape index (κ2) is 22.1. The zero-order valence-corrected chi connectivity index (χ0v) is 28.1. The molecule has 10 atom stereocenters. The van der Waals surface area contributed by atoms with Gasteiger partial charge in [-0.05, 0) is 56.3 Å². The van der Waals surface area contributed by atoms with E-state index < -0.39 is 30.4 Å². The molecule has 0 aromatic carbocycles. The summed E-state index contributed by atoms with van der Waals surface area (Å²) in [6.07, 6.45) is 19.2. The van der Waals surface area contributed by atoms with Gasteiger partial charge in [-0.1, -0.05) is 96.2 Å². The largest absolute Gasteiger partial charge is 0.458 e. The Labute approximate surface area is 267 Å². The van der Waals surface area contributed by atoms with Gasteiger partial charge in [0.1, 0.15) is 6.10 Å². The van der Waals surface area contributed by atoms with Crippen molar-refractivity contribution in [3.63, 3.8) is 0 Å². The minimum Gasteiger partial charge on any atom is -0.458 e. The molecule has 1 heterocycles. The Morgan fingerprint density at radius 3 is 2.41 bits per heavy atom. The van der Waals surface area contributed by atoms with Gasteiger partial charge in [-0.15, -0.1) is 0 Å². The van der Waals surface area contributed by atoms with Crippen LogP contribution < -0.4 is 5.32 Å².